The van der Waals surface area contributed by atoms with Crippen molar-refractivity contribution in [3.05, 3.63) is 58.1 Å². The minimum absolute atomic E-state index is 0.222. The van der Waals surface area contributed by atoms with E-state index in [1.54, 1.807) is 13.0 Å². The van der Waals surface area contributed by atoms with Gasteiger partial charge in [0, 0.05) is 6.07 Å². The number of rotatable bonds is 2. The summed E-state index contributed by atoms with van der Waals surface area (Å²) in [6.45, 7) is 3.72. The molecule has 21 heavy (non-hydrogen) atoms. The molecule has 0 aliphatic carbocycles. The highest BCUT2D eigenvalue weighted by atomic mass is 35.5. The summed E-state index contributed by atoms with van der Waals surface area (Å²) in [6, 6.07) is 8.95. The van der Waals surface area contributed by atoms with Crippen molar-refractivity contribution in [1.29, 1.82) is 0 Å². The second-order valence-corrected chi connectivity index (χ2v) is 5.72. The molecule has 3 rings (SSSR count). The monoisotopic (exact) mass is 322 g/mol. The van der Waals surface area contributed by atoms with Crippen LogP contribution in [0, 0.1) is 19.7 Å². The minimum atomic E-state index is -0.274. The van der Waals surface area contributed by atoms with E-state index in [-0.39, 0.29) is 11.7 Å². The zero-order valence-corrected chi connectivity index (χ0v) is 13.1. The molecular weight excluding hydrogens is 310 g/mol. The van der Waals surface area contributed by atoms with Crippen LogP contribution in [0.3, 0.4) is 0 Å². The van der Waals surface area contributed by atoms with E-state index in [2.05, 4.69) is 4.98 Å². The smallest absolute Gasteiger partial charge is 0.129 e. The lowest BCUT2D eigenvalue weighted by atomic mass is 10.2. The molecule has 0 fully saturated rings. The number of imidazole rings is 1. The first-order chi connectivity index (χ1) is 10.0. The van der Waals surface area contributed by atoms with Gasteiger partial charge in [-0.3, -0.25) is 4.57 Å². The number of aryl methyl sites for hydroxylation is 2. The van der Waals surface area contributed by atoms with Gasteiger partial charge in [-0.1, -0.05) is 17.7 Å². The average Bonchev–Trinajstić information content (AvgIpc) is 2.79. The van der Waals surface area contributed by atoms with Crippen LogP contribution in [0.5, 0.6) is 0 Å². The molecule has 0 saturated heterocycles. The second-order valence-electron chi connectivity index (χ2n) is 5.04. The lowest BCUT2D eigenvalue weighted by Gasteiger charge is -2.11. The minimum Gasteiger partial charge on any atom is -0.294 e. The number of fused-ring (bicyclic) bond motifs is 1. The van der Waals surface area contributed by atoms with Crippen molar-refractivity contribution in [3.8, 4) is 5.69 Å². The molecule has 0 unspecified atom stereocenters. The van der Waals surface area contributed by atoms with Crippen molar-refractivity contribution >= 4 is 34.2 Å². The Hall–Kier alpha value is -1.58. The zero-order chi connectivity index (χ0) is 15.1. The number of benzene rings is 2. The van der Waals surface area contributed by atoms with Crippen molar-refractivity contribution in [2.45, 2.75) is 19.7 Å². The van der Waals surface area contributed by atoms with Gasteiger partial charge < -0.3 is 0 Å². The molecule has 108 valence electrons. The molecule has 0 aliphatic rings. The van der Waals surface area contributed by atoms with Gasteiger partial charge in [-0.15, -0.1) is 11.6 Å². The number of alkyl halides is 1. The summed E-state index contributed by atoms with van der Waals surface area (Å²) < 4.78 is 15.6. The number of hydrogen-bond acceptors (Lipinski definition) is 1. The van der Waals surface area contributed by atoms with Crippen LogP contribution < -0.4 is 0 Å². The topological polar surface area (TPSA) is 17.8 Å². The maximum Gasteiger partial charge on any atom is 0.129 e. The van der Waals surface area contributed by atoms with E-state index in [4.69, 9.17) is 23.2 Å². The van der Waals surface area contributed by atoms with Crippen molar-refractivity contribution < 1.29 is 4.39 Å². The van der Waals surface area contributed by atoms with Gasteiger partial charge in [0.2, 0.25) is 0 Å². The van der Waals surface area contributed by atoms with Gasteiger partial charge in [0.1, 0.15) is 11.6 Å². The standard InChI is InChI=1S/C16H13Cl2FN2/c1-9-3-4-11(18)14(5-9)21-15-6-10(2)12(19)7-13(15)20-16(21)8-17/h3-7H,8H2,1-2H3. The number of halogens is 3. The van der Waals surface area contributed by atoms with Gasteiger partial charge in [-0.05, 0) is 43.2 Å². The van der Waals surface area contributed by atoms with Crippen LogP contribution in [-0.4, -0.2) is 9.55 Å². The Bertz CT molecular complexity index is 840. The van der Waals surface area contributed by atoms with Crippen LogP contribution in [-0.2, 0) is 5.88 Å². The first-order valence-electron chi connectivity index (χ1n) is 6.51. The molecule has 0 atom stereocenters. The van der Waals surface area contributed by atoms with Crippen molar-refractivity contribution in [1.82, 2.24) is 9.55 Å². The summed E-state index contributed by atoms with van der Waals surface area (Å²) >= 11 is 12.3. The third-order valence-corrected chi connectivity index (χ3v) is 4.03. The van der Waals surface area contributed by atoms with Crippen LogP contribution in [0.1, 0.15) is 17.0 Å². The lowest BCUT2D eigenvalue weighted by molar-refractivity contribution is 0.620. The Morgan fingerprint density at radius 2 is 1.95 bits per heavy atom. The van der Waals surface area contributed by atoms with Crippen LogP contribution in [0.15, 0.2) is 30.3 Å². The van der Waals surface area contributed by atoms with Crippen molar-refractivity contribution in [2.24, 2.45) is 0 Å². The molecule has 1 aromatic heterocycles. The van der Waals surface area contributed by atoms with E-state index in [0.717, 1.165) is 16.8 Å². The SMILES string of the molecule is Cc1ccc(Cl)c(-n2c(CCl)nc3cc(F)c(C)cc32)c1. The van der Waals surface area contributed by atoms with Gasteiger partial charge in [0.15, 0.2) is 0 Å². The van der Waals surface area contributed by atoms with E-state index in [9.17, 15) is 4.39 Å². The Labute approximate surface area is 132 Å². The Morgan fingerprint density at radius 3 is 2.67 bits per heavy atom. The normalized spacial score (nSPS) is 11.3. The fraction of sp³-hybridized carbons (Fsp3) is 0.188. The molecule has 0 N–H and O–H groups in total. The third kappa shape index (κ3) is 2.41. The molecule has 2 nitrogen and oxygen atoms in total. The largest absolute Gasteiger partial charge is 0.294 e. The molecule has 0 bridgehead atoms. The summed E-state index contributed by atoms with van der Waals surface area (Å²) in [7, 11) is 0. The van der Waals surface area contributed by atoms with E-state index in [1.807, 2.05) is 29.7 Å². The maximum atomic E-state index is 13.7. The first kappa shape index (κ1) is 14.4. The van der Waals surface area contributed by atoms with Gasteiger partial charge >= 0.3 is 0 Å². The molecule has 0 radical (unpaired) electrons. The fourth-order valence-corrected chi connectivity index (χ4v) is 2.79. The van der Waals surface area contributed by atoms with Crippen molar-refractivity contribution in [3.63, 3.8) is 0 Å². The van der Waals surface area contributed by atoms with Gasteiger partial charge in [0.05, 0.1) is 27.6 Å². The average molecular weight is 323 g/mol. The third-order valence-electron chi connectivity index (χ3n) is 3.47. The first-order valence-corrected chi connectivity index (χ1v) is 7.42. The fourth-order valence-electron chi connectivity index (χ4n) is 2.41. The van der Waals surface area contributed by atoms with Crippen LogP contribution >= 0.6 is 23.2 Å². The van der Waals surface area contributed by atoms with Crippen LogP contribution in [0.25, 0.3) is 16.7 Å². The van der Waals surface area contributed by atoms with Crippen LogP contribution in [0.4, 0.5) is 4.39 Å². The predicted octanol–water partition coefficient (Wildman–Crippen LogP) is 5.17. The van der Waals surface area contributed by atoms with E-state index >= 15 is 0 Å². The summed E-state index contributed by atoms with van der Waals surface area (Å²) in [5.41, 5.74) is 3.83. The number of nitrogens with zero attached hydrogens (tertiary/aromatic N) is 2. The quantitative estimate of drug-likeness (QED) is 0.595. The Kier molecular flexibility index (Phi) is 3.64. The molecule has 0 amide bonds. The molecular formula is C16H13Cl2FN2. The summed E-state index contributed by atoms with van der Waals surface area (Å²) in [6.07, 6.45) is 0. The highest BCUT2D eigenvalue weighted by molar-refractivity contribution is 6.32. The van der Waals surface area contributed by atoms with E-state index < -0.39 is 0 Å². The summed E-state index contributed by atoms with van der Waals surface area (Å²) in [5, 5.41) is 0.605. The summed E-state index contributed by atoms with van der Waals surface area (Å²) in [4.78, 5) is 4.41. The summed E-state index contributed by atoms with van der Waals surface area (Å²) in [5.74, 6) is 0.590. The van der Waals surface area contributed by atoms with Gasteiger partial charge in [0.25, 0.3) is 0 Å². The Morgan fingerprint density at radius 1 is 1.19 bits per heavy atom. The zero-order valence-electron chi connectivity index (χ0n) is 11.6. The van der Waals surface area contributed by atoms with Crippen LogP contribution in [0.2, 0.25) is 5.02 Å². The number of hydrogen-bond donors (Lipinski definition) is 0. The maximum absolute atomic E-state index is 13.7. The molecule has 5 heteroatoms. The molecule has 1 heterocycles. The lowest BCUT2D eigenvalue weighted by Crippen LogP contribution is -2.01. The second kappa shape index (κ2) is 5.32. The molecule has 0 saturated carbocycles. The van der Waals surface area contributed by atoms with Gasteiger partial charge in [-0.2, -0.15) is 0 Å². The molecule has 2 aromatic carbocycles. The highest BCUT2D eigenvalue weighted by Gasteiger charge is 2.16. The number of aromatic nitrogens is 2. The van der Waals surface area contributed by atoms with Gasteiger partial charge in [-0.25, -0.2) is 9.37 Å². The Balaban J connectivity index is 2.40. The molecule has 0 aliphatic heterocycles. The molecule has 0 spiro atoms. The van der Waals surface area contributed by atoms with Crippen molar-refractivity contribution in [2.75, 3.05) is 0 Å². The highest BCUT2D eigenvalue weighted by Crippen LogP contribution is 2.29. The van der Waals surface area contributed by atoms with E-state index in [1.165, 1.54) is 6.07 Å². The molecule has 3 aromatic rings. The predicted molar refractivity (Wildman–Crippen MR) is 85.1 cm³/mol. The van der Waals surface area contributed by atoms with E-state index in [0.29, 0.717) is 21.9 Å².